The molecule has 0 aliphatic carbocycles. The maximum atomic E-state index is 12.4. The highest BCUT2D eigenvalue weighted by Gasteiger charge is 2.24. The molecule has 0 bridgehead atoms. The Bertz CT molecular complexity index is 1000. The van der Waals surface area contributed by atoms with Gasteiger partial charge in [-0.3, -0.25) is 9.10 Å². The average Bonchev–Trinajstić information content (AvgIpc) is 2.71. The minimum absolute atomic E-state index is 0.197. The van der Waals surface area contributed by atoms with Crippen LogP contribution >= 0.6 is 0 Å². The molecule has 0 aliphatic heterocycles. The van der Waals surface area contributed by atoms with Crippen LogP contribution in [-0.2, 0) is 14.8 Å². The van der Waals surface area contributed by atoms with E-state index in [2.05, 4.69) is 24.4 Å². The highest BCUT2D eigenvalue weighted by atomic mass is 32.2. The lowest BCUT2D eigenvalue weighted by atomic mass is 10.0. The summed E-state index contributed by atoms with van der Waals surface area (Å²) in [5.41, 5.74) is 4.57. The van der Waals surface area contributed by atoms with E-state index in [1.807, 2.05) is 24.3 Å². The number of anilines is 1. The first kappa shape index (κ1) is 23.2. The van der Waals surface area contributed by atoms with Gasteiger partial charge in [-0.2, -0.15) is 5.10 Å². The van der Waals surface area contributed by atoms with E-state index in [0.29, 0.717) is 17.4 Å². The Morgan fingerprint density at radius 2 is 1.80 bits per heavy atom. The minimum atomic E-state index is -3.78. The molecule has 0 heterocycles. The molecular weight excluding hydrogens is 406 g/mol. The molecule has 0 aliphatic rings. The van der Waals surface area contributed by atoms with Crippen molar-refractivity contribution in [3.05, 3.63) is 53.6 Å². The van der Waals surface area contributed by atoms with Crippen LogP contribution in [0.15, 0.2) is 47.6 Å². The van der Waals surface area contributed by atoms with Crippen molar-refractivity contribution in [3.8, 4) is 11.5 Å². The Kier molecular flexibility index (Phi) is 7.82. The van der Waals surface area contributed by atoms with Gasteiger partial charge in [0.25, 0.3) is 5.91 Å². The van der Waals surface area contributed by atoms with Gasteiger partial charge in [0.1, 0.15) is 18.0 Å². The lowest BCUT2D eigenvalue weighted by Gasteiger charge is -2.23. The number of benzene rings is 2. The van der Waals surface area contributed by atoms with E-state index < -0.39 is 22.5 Å². The van der Waals surface area contributed by atoms with Gasteiger partial charge >= 0.3 is 0 Å². The number of rotatable bonds is 9. The number of hydrogen-bond acceptors (Lipinski definition) is 6. The number of hydrogen-bond donors (Lipinski definition) is 1. The fourth-order valence-electron chi connectivity index (χ4n) is 2.68. The summed E-state index contributed by atoms with van der Waals surface area (Å²) in [6, 6.07) is 12.5. The number of carbonyl (C=O) groups is 1. The van der Waals surface area contributed by atoms with Gasteiger partial charge in [0.2, 0.25) is 10.0 Å². The van der Waals surface area contributed by atoms with Crippen LogP contribution in [0.25, 0.3) is 0 Å². The van der Waals surface area contributed by atoms with Crippen LogP contribution in [-0.4, -0.2) is 47.6 Å². The molecule has 162 valence electrons. The highest BCUT2D eigenvalue weighted by Crippen LogP contribution is 2.33. The standard InChI is InChI=1S/C21H27N3O5S/c1-15(2)17-8-6-16(7-9-17)13-22-23-21(25)14-24(30(5,26)27)19-12-18(28-3)10-11-20(19)29-4/h6-13,15H,14H2,1-5H3,(H,23,25)/b22-13-. The number of nitrogens with one attached hydrogen (secondary N) is 1. The van der Waals surface area contributed by atoms with E-state index in [1.165, 1.54) is 32.1 Å². The summed E-state index contributed by atoms with van der Waals surface area (Å²) in [5, 5.41) is 3.92. The topological polar surface area (TPSA) is 97.3 Å². The third-order valence-electron chi connectivity index (χ3n) is 4.35. The Morgan fingerprint density at radius 1 is 1.13 bits per heavy atom. The second-order valence-corrected chi connectivity index (χ2v) is 8.83. The number of sulfonamides is 1. The fourth-order valence-corrected chi connectivity index (χ4v) is 3.54. The number of carbonyl (C=O) groups excluding carboxylic acids is 1. The van der Waals surface area contributed by atoms with Crippen LogP contribution in [0.5, 0.6) is 11.5 Å². The van der Waals surface area contributed by atoms with Gasteiger partial charge in [0.05, 0.1) is 32.4 Å². The van der Waals surface area contributed by atoms with Crippen molar-refractivity contribution >= 4 is 27.8 Å². The van der Waals surface area contributed by atoms with Gasteiger partial charge in [-0.1, -0.05) is 38.1 Å². The molecule has 0 radical (unpaired) electrons. The first-order valence-corrected chi connectivity index (χ1v) is 11.1. The van der Waals surface area contributed by atoms with Gasteiger partial charge < -0.3 is 9.47 Å². The lowest BCUT2D eigenvalue weighted by molar-refractivity contribution is -0.119. The van der Waals surface area contributed by atoms with Crippen LogP contribution in [0.3, 0.4) is 0 Å². The first-order chi connectivity index (χ1) is 14.2. The van der Waals surface area contributed by atoms with E-state index in [4.69, 9.17) is 9.47 Å². The molecule has 8 nitrogen and oxygen atoms in total. The minimum Gasteiger partial charge on any atom is -0.497 e. The summed E-state index contributed by atoms with van der Waals surface area (Å²) in [7, 11) is -0.895. The fraction of sp³-hybridized carbons (Fsp3) is 0.333. The maximum Gasteiger partial charge on any atom is 0.260 e. The van der Waals surface area contributed by atoms with Crippen molar-refractivity contribution < 1.29 is 22.7 Å². The van der Waals surface area contributed by atoms with Crippen LogP contribution in [0.1, 0.15) is 30.9 Å². The first-order valence-electron chi connectivity index (χ1n) is 9.27. The summed E-state index contributed by atoms with van der Waals surface area (Å²) >= 11 is 0. The summed E-state index contributed by atoms with van der Waals surface area (Å²) < 4.78 is 36.0. The molecule has 30 heavy (non-hydrogen) atoms. The summed E-state index contributed by atoms with van der Waals surface area (Å²) in [6.07, 6.45) is 2.51. The molecule has 2 rings (SSSR count). The number of amides is 1. The predicted octanol–water partition coefficient (Wildman–Crippen LogP) is 2.74. The van der Waals surface area contributed by atoms with E-state index >= 15 is 0 Å². The molecule has 0 unspecified atom stereocenters. The van der Waals surface area contributed by atoms with Crippen molar-refractivity contribution in [1.82, 2.24) is 5.43 Å². The van der Waals surface area contributed by atoms with Crippen LogP contribution in [0.2, 0.25) is 0 Å². The maximum absolute atomic E-state index is 12.4. The summed E-state index contributed by atoms with van der Waals surface area (Å²) in [6.45, 7) is 3.74. The van der Waals surface area contributed by atoms with Gasteiger partial charge in [-0.05, 0) is 29.2 Å². The van der Waals surface area contributed by atoms with E-state index in [9.17, 15) is 13.2 Å². The van der Waals surface area contributed by atoms with E-state index in [-0.39, 0.29) is 5.69 Å². The molecule has 1 N–H and O–H groups in total. The molecule has 0 saturated heterocycles. The Hall–Kier alpha value is -3.07. The van der Waals surface area contributed by atoms with Crippen molar-refractivity contribution in [3.63, 3.8) is 0 Å². The third-order valence-corrected chi connectivity index (χ3v) is 5.47. The number of nitrogens with zero attached hydrogens (tertiary/aromatic N) is 2. The molecule has 2 aromatic carbocycles. The lowest BCUT2D eigenvalue weighted by Crippen LogP contribution is -2.39. The van der Waals surface area contributed by atoms with Crippen molar-refractivity contribution in [1.29, 1.82) is 0 Å². The van der Waals surface area contributed by atoms with Gasteiger partial charge in [0.15, 0.2) is 0 Å². The van der Waals surface area contributed by atoms with Gasteiger partial charge in [0, 0.05) is 6.07 Å². The smallest absolute Gasteiger partial charge is 0.260 e. The third kappa shape index (κ3) is 6.21. The zero-order chi connectivity index (χ0) is 22.3. The molecule has 0 atom stereocenters. The quantitative estimate of drug-likeness (QED) is 0.484. The number of hydrazone groups is 1. The van der Waals surface area contributed by atoms with Crippen molar-refractivity contribution in [2.75, 3.05) is 31.3 Å². The normalized spacial score (nSPS) is 11.5. The van der Waals surface area contributed by atoms with Crippen LogP contribution in [0.4, 0.5) is 5.69 Å². The van der Waals surface area contributed by atoms with E-state index in [1.54, 1.807) is 12.1 Å². The monoisotopic (exact) mass is 433 g/mol. The zero-order valence-corrected chi connectivity index (χ0v) is 18.6. The average molecular weight is 434 g/mol. The zero-order valence-electron chi connectivity index (χ0n) is 17.7. The summed E-state index contributed by atoms with van der Waals surface area (Å²) in [5.74, 6) is 0.553. The highest BCUT2D eigenvalue weighted by molar-refractivity contribution is 7.92. The van der Waals surface area contributed by atoms with Crippen molar-refractivity contribution in [2.45, 2.75) is 19.8 Å². The van der Waals surface area contributed by atoms with Crippen LogP contribution < -0.4 is 19.2 Å². The second-order valence-electron chi connectivity index (χ2n) is 6.92. The molecule has 9 heteroatoms. The van der Waals surface area contributed by atoms with E-state index in [0.717, 1.165) is 16.1 Å². The Balaban J connectivity index is 2.15. The Labute approximate surface area is 177 Å². The summed E-state index contributed by atoms with van der Waals surface area (Å²) in [4.78, 5) is 12.4. The largest absolute Gasteiger partial charge is 0.497 e. The van der Waals surface area contributed by atoms with Crippen molar-refractivity contribution in [2.24, 2.45) is 5.10 Å². The molecule has 0 saturated carbocycles. The molecule has 0 fully saturated rings. The SMILES string of the molecule is COc1ccc(OC)c(N(CC(=O)N/N=C\c2ccc(C(C)C)cc2)S(C)(=O)=O)c1. The van der Waals surface area contributed by atoms with Gasteiger partial charge in [-0.25, -0.2) is 13.8 Å². The molecule has 0 spiro atoms. The molecule has 0 aromatic heterocycles. The molecule has 2 aromatic rings. The Morgan fingerprint density at radius 3 is 2.33 bits per heavy atom. The number of methoxy groups -OCH3 is 2. The van der Waals surface area contributed by atoms with Gasteiger partial charge in [-0.15, -0.1) is 0 Å². The molecular formula is C21H27N3O5S. The second kappa shape index (κ2) is 10.1. The van der Waals surface area contributed by atoms with Crippen LogP contribution in [0, 0.1) is 0 Å². The molecule has 1 amide bonds. The predicted molar refractivity (Wildman–Crippen MR) is 118 cm³/mol. The number of ether oxygens (including phenoxy) is 2.